The number of aromatic nitrogens is 1. The molecule has 0 saturated carbocycles. The first kappa shape index (κ1) is 16.7. The Hall–Kier alpha value is -2.77. The van der Waals surface area contributed by atoms with Gasteiger partial charge in [-0.2, -0.15) is 0 Å². The molecule has 0 atom stereocenters. The number of nitrogens with zero attached hydrogens (tertiary/aromatic N) is 2. The minimum Gasteiger partial charge on any atom is -0.432 e. The van der Waals surface area contributed by atoms with Gasteiger partial charge in [0.25, 0.3) is 5.17 Å². The Kier molecular flexibility index (Phi) is 4.18. The fourth-order valence-corrected chi connectivity index (χ4v) is 3.55. The Bertz CT molecular complexity index is 1160. The molecule has 5 nitrogen and oxygen atoms in total. The number of ether oxygens (including phenoxy) is 1. The van der Waals surface area contributed by atoms with E-state index in [1.165, 1.54) is 11.3 Å². The van der Waals surface area contributed by atoms with Gasteiger partial charge in [0.1, 0.15) is 16.3 Å². The van der Waals surface area contributed by atoms with Gasteiger partial charge in [-0.1, -0.05) is 12.1 Å². The highest BCUT2D eigenvalue weighted by Gasteiger charge is 2.13. The maximum atomic E-state index is 12.5. The van der Waals surface area contributed by atoms with Crippen molar-refractivity contribution in [2.45, 2.75) is 0 Å². The summed E-state index contributed by atoms with van der Waals surface area (Å²) in [6, 6.07) is 14.9. The zero-order valence-corrected chi connectivity index (χ0v) is 15.7. The standard InChI is InChI=1S/C19H14N2O3S2/c1-21(2)19(25)23-12-8-7-11-9-13(18(22)24-15(11)10-12)17-20-14-5-3-4-6-16(14)26-17/h3-10H,1-2H3. The fourth-order valence-electron chi connectivity index (χ4n) is 2.48. The predicted molar refractivity (Wildman–Crippen MR) is 108 cm³/mol. The van der Waals surface area contributed by atoms with Crippen molar-refractivity contribution >= 4 is 49.9 Å². The summed E-state index contributed by atoms with van der Waals surface area (Å²) < 4.78 is 12.1. The minimum absolute atomic E-state index is 0.331. The molecule has 0 N–H and O–H groups in total. The number of para-hydroxylation sites is 1. The van der Waals surface area contributed by atoms with Crippen LogP contribution in [0.3, 0.4) is 0 Å². The molecule has 26 heavy (non-hydrogen) atoms. The molecule has 0 saturated heterocycles. The lowest BCUT2D eigenvalue weighted by molar-refractivity contribution is 0.448. The molecule has 0 unspecified atom stereocenters. The summed E-state index contributed by atoms with van der Waals surface area (Å²) in [7, 11) is 3.60. The van der Waals surface area contributed by atoms with Crippen LogP contribution < -0.4 is 10.4 Å². The van der Waals surface area contributed by atoms with Crippen LogP contribution in [-0.4, -0.2) is 29.2 Å². The monoisotopic (exact) mass is 382 g/mol. The van der Waals surface area contributed by atoms with E-state index in [0.717, 1.165) is 15.6 Å². The maximum absolute atomic E-state index is 12.5. The van der Waals surface area contributed by atoms with E-state index in [2.05, 4.69) is 4.98 Å². The Morgan fingerprint density at radius 2 is 2.00 bits per heavy atom. The van der Waals surface area contributed by atoms with E-state index in [1.54, 1.807) is 37.2 Å². The van der Waals surface area contributed by atoms with Crippen molar-refractivity contribution in [3.8, 4) is 16.3 Å². The largest absolute Gasteiger partial charge is 0.432 e. The average Bonchev–Trinajstić information content (AvgIpc) is 3.04. The quantitative estimate of drug-likeness (QED) is 0.381. The molecule has 4 rings (SSSR count). The second kappa shape index (κ2) is 6.51. The number of thiocarbonyl (C=S) groups is 1. The van der Waals surface area contributed by atoms with Gasteiger partial charge in [0.15, 0.2) is 0 Å². The average molecular weight is 382 g/mol. The van der Waals surface area contributed by atoms with Gasteiger partial charge in [-0.05, 0) is 42.5 Å². The Morgan fingerprint density at radius 3 is 2.77 bits per heavy atom. The van der Waals surface area contributed by atoms with Gasteiger partial charge in [-0.25, -0.2) is 9.78 Å². The van der Waals surface area contributed by atoms with E-state index in [1.807, 2.05) is 30.3 Å². The van der Waals surface area contributed by atoms with E-state index in [-0.39, 0.29) is 0 Å². The Balaban J connectivity index is 1.77. The normalized spacial score (nSPS) is 11.0. The van der Waals surface area contributed by atoms with Gasteiger partial charge in [0.2, 0.25) is 0 Å². The molecule has 0 fully saturated rings. The lowest BCUT2D eigenvalue weighted by Crippen LogP contribution is -2.24. The summed E-state index contributed by atoms with van der Waals surface area (Å²) in [5.74, 6) is 0.520. The van der Waals surface area contributed by atoms with Crippen molar-refractivity contribution in [1.29, 1.82) is 0 Å². The summed E-state index contributed by atoms with van der Waals surface area (Å²) in [4.78, 5) is 18.7. The number of benzene rings is 2. The van der Waals surface area contributed by atoms with Crippen molar-refractivity contribution in [3.05, 3.63) is 59.0 Å². The molecule has 0 aliphatic rings. The van der Waals surface area contributed by atoms with Gasteiger partial charge < -0.3 is 14.1 Å². The highest BCUT2D eigenvalue weighted by molar-refractivity contribution is 7.80. The molecule has 7 heteroatoms. The van der Waals surface area contributed by atoms with Crippen molar-refractivity contribution in [1.82, 2.24) is 9.88 Å². The third-order valence-corrected chi connectivity index (χ3v) is 5.32. The number of rotatable bonds is 2. The first-order valence-corrected chi connectivity index (χ1v) is 9.07. The SMILES string of the molecule is CN(C)C(=S)Oc1ccc2cc(-c3nc4ccccc4s3)c(=O)oc2c1. The predicted octanol–water partition coefficient (Wildman–Crippen LogP) is 4.30. The van der Waals surface area contributed by atoms with E-state index < -0.39 is 5.63 Å². The highest BCUT2D eigenvalue weighted by Crippen LogP contribution is 2.30. The van der Waals surface area contributed by atoms with Gasteiger partial charge >= 0.3 is 5.63 Å². The first-order valence-electron chi connectivity index (χ1n) is 7.84. The van der Waals surface area contributed by atoms with E-state index in [9.17, 15) is 4.79 Å². The summed E-state index contributed by atoms with van der Waals surface area (Å²) >= 11 is 6.60. The van der Waals surface area contributed by atoms with Crippen molar-refractivity contribution in [2.24, 2.45) is 0 Å². The third-order valence-electron chi connectivity index (χ3n) is 3.80. The number of fused-ring (bicyclic) bond motifs is 2. The van der Waals surface area contributed by atoms with E-state index in [0.29, 0.717) is 27.1 Å². The molecule has 4 aromatic rings. The van der Waals surface area contributed by atoms with E-state index >= 15 is 0 Å². The molecule has 0 aliphatic heterocycles. The van der Waals surface area contributed by atoms with Gasteiger partial charge in [-0.15, -0.1) is 11.3 Å². The molecule has 0 aliphatic carbocycles. The van der Waals surface area contributed by atoms with Crippen LogP contribution in [0, 0.1) is 0 Å². The fraction of sp³-hybridized carbons (Fsp3) is 0.105. The molecule has 130 valence electrons. The zero-order chi connectivity index (χ0) is 18.3. The second-order valence-corrected chi connectivity index (χ2v) is 7.28. The Labute approximate surface area is 158 Å². The summed E-state index contributed by atoms with van der Waals surface area (Å²) in [6.07, 6.45) is 0. The van der Waals surface area contributed by atoms with Crippen LogP contribution in [0.5, 0.6) is 5.75 Å². The highest BCUT2D eigenvalue weighted by atomic mass is 32.1. The van der Waals surface area contributed by atoms with Crippen LogP contribution in [0.4, 0.5) is 0 Å². The van der Waals surface area contributed by atoms with E-state index in [4.69, 9.17) is 21.4 Å². The van der Waals surface area contributed by atoms with Crippen LogP contribution in [0.25, 0.3) is 31.8 Å². The third kappa shape index (κ3) is 3.07. The lowest BCUT2D eigenvalue weighted by atomic mass is 10.2. The molecule has 0 bridgehead atoms. The zero-order valence-electron chi connectivity index (χ0n) is 14.1. The molecular weight excluding hydrogens is 368 g/mol. The van der Waals surface area contributed by atoms with Gasteiger partial charge in [-0.3, -0.25) is 0 Å². The topological polar surface area (TPSA) is 55.6 Å². The molecule has 2 heterocycles. The molecule has 0 radical (unpaired) electrons. The number of thiazole rings is 1. The smallest absolute Gasteiger partial charge is 0.346 e. The maximum Gasteiger partial charge on any atom is 0.346 e. The minimum atomic E-state index is -0.427. The van der Waals surface area contributed by atoms with Crippen LogP contribution in [0.1, 0.15) is 0 Å². The van der Waals surface area contributed by atoms with Gasteiger partial charge in [0, 0.05) is 25.5 Å². The van der Waals surface area contributed by atoms with Crippen LogP contribution in [0.2, 0.25) is 0 Å². The van der Waals surface area contributed by atoms with Crippen LogP contribution in [-0.2, 0) is 0 Å². The van der Waals surface area contributed by atoms with Crippen LogP contribution >= 0.6 is 23.6 Å². The molecular formula is C19H14N2O3S2. The number of hydrogen-bond donors (Lipinski definition) is 0. The van der Waals surface area contributed by atoms with Crippen LogP contribution in [0.15, 0.2) is 57.7 Å². The molecule has 2 aromatic heterocycles. The molecule has 0 amide bonds. The summed E-state index contributed by atoms with van der Waals surface area (Å²) in [5, 5.41) is 1.77. The van der Waals surface area contributed by atoms with Gasteiger partial charge in [0.05, 0.1) is 15.8 Å². The number of hydrogen-bond acceptors (Lipinski definition) is 6. The first-order chi connectivity index (χ1) is 12.5. The summed E-state index contributed by atoms with van der Waals surface area (Å²) in [6.45, 7) is 0. The van der Waals surface area contributed by atoms with Crippen molar-refractivity contribution < 1.29 is 9.15 Å². The molecule has 2 aromatic carbocycles. The summed E-state index contributed by atoms with van der Waals surface area (Å²) in [5.41, 5.74) is 1.34. The van der Waals surface area contributed by atoms with Crippen molar-refractivity contribution in [3.63, 3.8) is 0 Å². The Morgan fingerprint density at radius 1 is 1.19 bits per heavy atom. The lowest BCUT2D eigenvalue weighted by Gasteiger charge is -2.14. The molecule has 0 spiro atoms. The second-order valence-electron chi connectivity index (χ2n) is 5.90. The van der Waals surface area contributed by atoms with Crippen molar-refractivity contribution in [2.75, 3.05) is 14.1 Å².